The van der Waals surface area contributed by atoms with Crippen LogP contribution in [0.25, 0.3) is 0 Å². The molecule has 0 saturated carbocycles. The fraction of sp³-hybridized carbons (Fsp3) is 0.381. The van der Waals surface area contributed by atoms with Crippen LogP contribution in [0.15, 0.2) is 54.6 Å². The van der Waals surface area contributed by atoms with Gasteiger partial charge in [-0.15, -0.1) is 0 Å². The molecule has 2 aromatic carbocycles. The molecule has 0 bridgehead atoms. The largest absolute Gasteiger partial charge is 0.389 e. The normalized spacial score (nSPS) is 22.6. The summed E-state index contributed by atoms with van der Waals surface area (Å²) in [6, 6.07) is 15.9. The second kappa shape index (κ2) is 8.61. The van der Waals surface area contributed by atoms with E-state index in [0.717, 1.165) is 17.7 Å². The van der Waals surface area contributed by atoms with Gasteiger partial charge in [-0.1, -0.05) is 42.5 Å². The van der Waals surface area contributed by atoms with E-state index in [1.807, 2.05) is 42.3 Å². The number of carbonyl (C=O) groups is 1. The van der Waals surface area contributed by atoms with Crippen LogP contribution < -0.4 is 10.6 Å². The summed E-state index contributed by atoms with van der Waals surface area (Å²) in [5.41, 5.74) is 1.06. The number of hydrogen-bond donors (Lipinski definition) is 3. The third-order valence-electron chi connectivity index (χ3n) is 5.03. The molecule has 1 saturated heterocycles. The van der Waals surface area contributed by atoms with Gasteiger partial charge in [0.05, 0.1) is 18.2 Å². The van der Waals surface area contributed by atoms with Crippen LogP contribution in [-0.4, -0.2) is 48.7 Å². The fourth-order valence-corrected chi connectivity index (χ4v) is 3.65. The van der Waals surface area contributed by atoms with Crippen molar-refractivity contribution in [3.63, 3.8) is 0 Å². The molecule has 0 aromatic heterocycles. The smallest absolute Gasteiger partial charge is 0.234 e. The Hall–Kier alpha value is -2.28. The highest BCUT2D eigenvalue weighted by atomic mass is 19.1. The van der Waals surface area contributed by atoms with Crippen LogP contribution in [0.4, 0.5) is 4.39 Å². The van der Waals surface area contributed by atoms with Gasteiger partial charge in [-0.05, 0) is 43.3 Å². The molecule has 3 rings (SSSR count). The lowest BCUT2D eigenvalue weighted by molar-refractivity contribution is -0.126. The Balaban J connectivity index is 1.68. The summed E-state index contributed by atoms with van der Waals surface area (Å²) < 4.78 is 13.0. The number of benzene rings is 2. The number of nitrogens with one attached hydrogen (secondary N) is 2. The highest BCUT2D eigenvalue weighted by Crippen LogP contribution is 2.31. The van der Waals surface area contributed by atoms with Gasteiger partial charge in [0.15, 0.2) is 0 Å². The van der Waals surface area contributed by atoms with Crippen molar-refractivity contribution in [1.29, 1.82) is 0 Å². The first-order valence-corrected chi connectivity index (χ1v) is 9.18. The van der Waals surface area contributed by atoms with E-state index >= 15 is 0 Å². The molecule has 6 heteroatoms. The number of halogens is 1. The molecule has 3 N–H and O–H groups in total. The van der Waals surface area contributed by atoms with Crippen LogP contribution in [0.5, 0.6) is 0 Å². The number of amides is 1. The van der Waals surface area contributed by atoms with Gasteiger partial charge in [0.1, 0.15) is 5.82 Å². The Morgan fingerprint density at radius 1 is 1.26 bits per heavy atom. The van der Waals surface area contributed by atoms with Crippen LogP contribution in [0.3, 0.4) is 0 Å². The van der Waals surface area contributed by atoms with Crippen LogP contribution in [0, 0.1) is 5.82 Å². The minimum atomic E-state index is -0.791. The summed E-state index contributed by atoms with van der Waals surface area (Å²) in [5.74, 6) is -0.423. The SMILES string of the molecule is CN(CC(=O)N[C@@]1(c2ccccc2)CCNC[C@H]1O)Cc1ccc(F)cc1. The van der Waals surface area contributed by atoms with Gasteiger partial charge in [0.2, 0.25) is 5.91 Å². The van der Waals surface area contributed by atoms with E-state index in [1.165, 1.54) is 12.1 Å². The van der Waals surface area contributed by atoms with Gasteiger partial charge in [-0.3, -0.25) is 9.69 Å². The van der Waals surface area contributed by atoms with Crippen molar-refractivity contribution in [2.45, 2.75) is 24.6 Å². The first kappa shape index (κ1) is 19.5. The highest BCUT2D eigenvalue weighted by Gasteiger charge is 2.42. The zero-order valence-electron chi connectivity index (χ0n) is 15.5. The van der Waals surface area contributed by atoms with Gasteiger partial charge in [0, 0.05) is 13.1 Å². The maximum atomic E-state index is 13.0. The lowest BCUT2D eigenvalue weighted by Gasteiger charge is -2.43. The molecule has 5 nitrogen and oxygen atoms in total. The molecular weight excluding hydrogens is 345 g/mol. The summed E-state index contributed by atoms with van der Waals surface area (Å²) in [6.45, 7) is 1.88. The van der Waals surface area contributed by atoms with Gasteiger partial charge in [-0.25, -0.2) is 4.39 Å². The quantitative estimate of drug-likeness (QED) is 0.722. The minimum absolute atomic E-state index is 0.149. The third-order valence-corrected chi connectivity index (χ3v) is 5.03. The van der Waals surface area contributed by atoms with E-state index in [1.54, 1.807) is 12.1 Å². The molecule has 1 aliphatic rings. The zero-order valence-corrected chi connectivity index (χ0v) is 15.5. The molecule has 2 aromatic rings. The van der Waals surface area contributed by atoms with Crippen molar-refractivity contribution < 1.29 is 14.3 Å². The number of rotatable bonds is 6. The first-order valence-electron chi connectivity index (χ1n) is 9.18. The van der Waals surface area contributed by atoms with E-state index in [0.29, 0.717) is 19.5 Å². The number of aliphatic hydroxyl groups is 1. The van der Waals surface area contributed by atoms with Crippen LogP contribution in [-0.2, 0) is 16.9 Å². The van der Waals surface area contributed by atoms with Gasteiger partial charge in [0.25, 0.3) is 0 Å². The number of carbonyl (C=O) groups excluding carboxylic acids is 1. The standard InChI is InChI=1S/C21H26FN3O2/c1-25(14-16-7-9-18(22)10-8-16)15-20(27)24-21(11-12-23-13-19(21)26)17-5-3-2-4-6-17/h2-10,19,23,26H,11-15H2,1H3,(H,24,27)/t19-,21-/m1/s1. The average Bonchev–Trinajstić information content (AvgIpc) is 2.66. The summed E-state index contributed by atoms with van der Waals surface area (Å²) in [7, 11) is 1.84. The Bertz CT molecular complexity index is 754. The molecular formula is C21H26FN3O2. The maximum Gasteiger partial charge on any atom is 0.234 e. The molecule has 2 atom stereocenters. The Labute approximate surface area is 159 Å². The molecule has 1 aliphatic heterocycles. The van der Waals surface area contributed by atoms with E-state index in [2.05, 4.69) is 10.6 Å². The molecule has 1 heterocycles. The Morgan fingerprint density at radius 3 is 2.63 bits per heavy atom. The number of piperidine rings is 1. The molecule has 27 heavy (non-hydrogen) atoms. The number of aliphatic hydroxyl groups excluding tert-OH is 1. The second-order valence-electron chi connectivity index (χ2n) is 7.15. The van der Waals surface area contributed by atoms with Crippen LogP contribution in [0.1, 0.15) is 17.5 Å². The lowest BCUT2D eigenvalue weighted by atomic mass is 9.79. The van der Waals surface area contributed by atoms with E-state index in [4.69, 9.17) is 0 Å². The average molecular weight is 371 g/mol. The van der Waals surface area contributed by atoms with Crippen LogP contribution >= 0.6 is 0 Å². The predicted molar refractivity (Wildman–Crippen MR) is 102 cm³/mol. The highest BCUT2D eigenvalue weighted by molar-refractivity contribution is 5.79. The molecule has 0 unspecified atom stereocenters. The predicted octanol–water partition coefficient (Wildman–Crippen LogP) is 1.62. The Morgan fingerprint density at radius 2 is 1.96 bits per heavy atom. The lowest BCUT2D eigenvalue weighted by Crippen LogP contribution is -2.62. The molecule has 144 valence electrons. The van der Waals surface area contributed by atoms with Gasteiger partial charge < -0.3 is 15.7 Å². The van der Waals surface area contributed by atoms with E-state index in [9.17, 15) is 14.3 Å². The molecule has 0 aliphatic carbocycles. The van der Waals surface area contributed by atoms with Crippen LogP contribution in [0.2, 0.25) is 0 Å². The fourth-order valence-electron chi connectivity index (χ4n) is 3.65. The monoisotopic (exact) mass is 371 g/mol. The van der Waals surface area contributed by atoms with E-state index < -0.39 is 11.6 Å². The summed E-state index contributed by atoms with van der Waals surface area (Å²) >= 11 is 0. The number of likely N-dealkylation sites (N-methyl/N-ethyl adjacent to an activating group) is 1. The summed E-state index contributed by atoms with van der Waals surface area (Å²) in [6.07, 6.45) is -0.0917. The van der Waals surface area contributed by atoms with E-state index in [-0.39, 0.29) is 18.3 Å². The number of hydrogen-bond acceptors (Lipinski definition) is 4. The number of β-amino-alcohol motifs (C(OH)–C–C–N with tert-alkyl or cyclic N) is 1. The zero-order chi connectivity index (χ0) is 19.3. The molecule has 0 radical (unpaired) electrons. The first-order chi connectivity index (χ1) is 13.0. The van der Waals surface area contributed by atoms with Crippen molar-refractivity contribution in [3.05, 3.63) is 71.5 Å². The van der Waals surface area contributed by atoms with Gasteiger partial charge in [-0.2, -0.15) is 0 Å². The molecule has 1 amide bonds. The van der Waals surface area contributed by atoms with Gasteiger partial charge >= 0.3 is 0 Å². The van der Waals surface area contributed by atoms with Crippen molar-refractivity contribution in [2.24, 2.45) is 0 Å². The third kappa shape index (κ3) is 4.71. The van der Waals surface area contributed by atoms with Crippen molar-refractivity contribution in [3.8, 4) is 0 Å². The minimum Gasteiger partial charge on any atom is -0.389 e. The topological polar surface area (TPSA) is 64.6 Å². The van der Waals surface area contributed by atoms with Crippen molar-refractivity contribution >= 4 is 5.91 Å². The summed E-state index contributed by atoms with van der Waals surface area (Å²) in [4.78, 5) is 14.6. The molecule has 0 spiro atoms. The second-order valence-corrected chi connectivity index (χ2v) is 7.15. The van der Waals surface area contributed by atoms with Crippen molar-refractivity contribution in [1.82, 2.24) is 15.5 Å². The Kier molecular flexibility index (Phi) is 6.21. The number of nitrogens with zero attached hydrogens (tertiary/aromatic N) is 1. The maximum absolute atomic E-state index is 13.0. The van der Waals surface area contributed by atoms with Crippen molar-refractivity contribution in [2.75, 3.05) is 26.7 Å². The summed E-state index contributed by atoms with van der Waals surface area (Å²) in [5, 5.41) is 17.0. The molecule has 1 fully saturated rings.